The number of para-hydroxylation sites is 5. The summed E-state index contributed by atoms with van der Waals surface area (Å²) in [5.41, 5.74) is 15.0. The van der Waals surface area contributed by atoms with E-state index in [0.717, 1.165) is 125 Å². The number of aromatic nitrogens is 4. The second-order valence-electron chi connectivity index (χ2n) is 23.7. The Balaban J connectivity index is 1.16. The van der Waals surface area contributed by atoms with Crippen LogP contribution < -0.4 is 0 Å². The summed E-state index contributed by atoms with van der Waals surface area (Å²) < 4.78 is 18.7. The minimum atomic E-state index is -0.190. The maximum Gasteiger partial charge on any atom is 0.237 e. The summed E-state index contributed by atoms with van der Waals surface area (Å²) in [5.74, 6) is 0. The highest BCUT2D eigenvalue weighted by Crippen LogP contribution is 2.54. The maximum absolute atomic E-state index is 13.0. The molecule has 0 saturated carbocycles. The largest absolute Gasteiger partial charge is 0.454 e. The SMILES string of the molecule is [C-]#[N+]c1c(-n2c3ccccc3c3ccccc32)c(-n2c3ccc(-c4ccccc4)cc3c3ccc4c5ccccc5sc4c32)c(-n2c3ccccc3c3ccccc32)c(C#N)c1-n1c2ccc(C(C)(C)C)cc2c2ccc3c4ccccc4oc3c21. The Kier molecular flexibility index (Phi) is 9.95. The first-order chi connectivity index (χ1) is 42.3. The Morgan fingerprint density at radius 3 is 1.53 bits per heavy atom. The lowest BCUT2D eigenvalue weighted by atomic mass is 9.86. The van der Waals surface area contributed by atoms with Crippen LogP contribution in [0.4, 0.5) is 5.69 Å². The van der Waals surface area contributed by atoms with Crippen molar-refractivity contribution in [1.82, 2.24) is 18.3 Å². The van der Waals surface area contributed by atoms with Crippen LogP contribution in [-0.4, -0.2) is 18.3 Å². The van der Waals surface area contributed by atoms with Crippen molar-refractivity contribution in [3.05, 3.63) is 259 Å². The van der Waals surface area contributed by atoms with E-state index in [-0.39, 0.29) is 5.41 Å². The summed E-state index contributed by atoms with van der Waals surface area (Å²) in [6.07, 6.45) is 0. The van der Waals surface area contributed by atoms with Gasteiger partial charge in [-0.05, 0) is 88.8 Å². The molecule has 0 saturated heterocycles. The summed E-state index contributed by atoms with van der Waals surface area (Å²) >= 11 is 1.79. The first kappa shape index (κ1) is 48.4. The minimum Gasteiger partial charge on any atom is -0.454 e. The predicted octanol–water partition coefficient (Wildman–Crippen LogP) is 21.7. The van der Waals surface area contributed by atoms with Gasteiger partial charge in [-0.2, -0.15) is 5.26 Å². The molecule has 0 bridgehead atoms. The van der Waals surface area contributed by atoms with E-state index >= 15 is 0 Å². The van der Waals surface area contributed by atoms with E-state index in [1.807, 2.05) is 12.1 Å². The monoisotopic (exact) mass is 1120 g/mol. The van der Waals surface area contributed by atoms with Crippen molar-refractivity contribution < 1.29 is 4.42 Å². The summed E-state index contributed by atoms with van der Waals surface area (Å²) in [5, 5.41) is 25.5. The molecule has 18 rings (SSSR count). The van der Waals surface area contributed by atoms with Gasteiger partial charge in [-0.3, -0.25) is 0 Å². The topological polar surface area (TPSA) is 61.0 Å². The standard InChI is InChI=1S/C78H48N6OS/c1-78(2,3)47-35-41-66-59(43-47)54-36-38-56-52-26-12-18-32-67(52)85-76(56)72(54)83(66)70-60(44-79)71(81-61-28-14-8-22-48(61)49-23-9-15-29-62(49)81)75(74(69(70)80-4)82-63-30-16-10-24-50(63)51-25-11-17-31-64(51)82)84-65-40-34-46(45-20-6-5-7-21-45)42-58(65)55-37-39-57-53-27-13-19-33-68(53)86-77(57)73(55)84/h5-43H,1-3H3. The summed E-state index contributed by atoms with van der Waals surface area (Å²) in [7, 11) is 0. The van der Waals surface area contributed by atoms with Crippen LogP contribution in [0.25, 0.3) is 168 Å². The molecule has 12 aromatic carbocycles. The molecule has 0 aliphatic rings. The van der Waals surface area contributed by atoms with Crippen LogP contribution in [0, 0.1) is 17.9 Å². The fourth-order valence-corrected chi connectivity index (χ4v) is 15.6. The van der Waals surface area contributed by atoms with Gasteiger partial charge in [-0.1, -0.05) is 191 Å². The molecular weight excluding hydrogens is 1070 g/mol. The smallest absolute Gasteiger partial charge is 0.237 e. The summed E-state index contributed by atoms with van der Waals surface area (Å²) in [6, 6.07) is 87.2. The summed E-state index contributed by atoms with van der Waals surface area (Å²) in [4.78, 5) is 4.93. The number of fused-ring (bicyclic) bond motifs is 20. The molecular formula is C78H48N6OS. The number of nitriles is 1. The minimum absolute atomic E-state index is 0.190. The van der Waals surface area contributed by atoms with Gasteiger partial charge in [0.05, 0.1) is 83.7 Å². The van der Waals surface area contributed by atoms with Crippen molar-refractivity contribution in [3.63, 3.8) is 0 Å². The van der Waals surface area contributed by atoms with Crippen molar-refractivity contribution in [2.75, 3.05) is 0 Å². The van der Waals surface area contributed by atoms with E-state index in [4.69, 9.17) is 9.26 Å². The maximum atomic E-state index is 13.0. The Hall–Kier alpha value is -11.2. The van der Waals surface area contributed by atoms with Crippen molar-refractivity contribution in [3.8, 4) is 39.9 Å². The molecule has 402 valence electrons. The van der Waals surface area contributed by atoms with Crippen LogP contribution in [0.15, 0.2) is 241 Å². The molecule has 0 unspecified atom stereocenters. The molecule has 8 heteroatoms. The molecule has 0 aliphatic heterocycles. The zero-order chi connectivity index (χ0) is 57.3. The average molecular weight is 1120 g/mol. The number of hydrogen-bond donors (Lipinski definition) is 0. The van der Waals surface area contributed by atoms with E-state index in [0.29, 0.717) is 39.6 Å². The fourth-order valence-electron chi connectivity index (χ4n) is 14.4. The van der Waals surface area contributed by atoms with Crippen molar-refractivity contribution in [2.45, 2.75) is 26.2 Å². The van der Waals surface area contributed by atoms with E-state index in [1.165, 1.54) is 15.6 Å². The molecule has 18 aromatic rings. The highest BCUT2D eigenvalue weighted by atomic mass is 32.1. The van der Waals surface area contributed by atoms with Gasteiger partial charge in [0.15, 0.2) is 5.58 Å². The molecule has 86 heavy (non-hydrogen) atoms. The van der Waals surface area contributed by atoms with Crippen LogP contribution in [0.3, 0.4) is 0 Å². The third kappa shape index (κ3) is 6.48. The van der Waals surface area contributed by atoms with Gasteiger partial charge in [0.2, 0.25) is 5.69 Å². The Bertz CT molecular complexity index is 5840. The first-order valence-electron chi connectivity index (χ1n) is 29.1. The molecule has 0 N–H and O–H groups in total. The van der Waals surface area contributed by atoms with Crippen LogP contribution in [0.5, 0.6) is 0 Å². The van der Waals surface area contributed by atoms with Gasteiger partial charge < -0.3 is 22.7 Å². The van der Waals surface area contributed by atoms with Gasteiger partial charge in [0, 0.05) is 69.3 Å². The van der Waals surface area contributed by atoms with Crippen LogP contribution in [0.1, 0.15) is 31.9 Å². The Morgan fingerprint density at radius 1 is 0.407 bits per heavy atom. The van der Waals surface area contributed by atoms with Gasteiger partial charge in [-0.15, -0.1) is 11.3 Å². The lowest BCUT2D eigenvalue weighted by Crippen LogP contribution is -2.15. The van der Waals surface area contributed by atoms with Crippen LogP contribution in [-0.2, 0) is 5.41 Å². The lowest BCUT2D eigenvalue weighted by molar-refractivity contribution is 0.591. The van der Waals surface area contributed by atoms with Crippen LogP contribution >= 0.6 is 11.3 Å². The Morgan fingerprint density at radius 2 is 0.907 bits per heavy atom. The molecule has 6 heterocycles. The van der Waals surface area contributed by atoms with E-state index in [2.05, 4.69) is 270 Å². The molecule has 0 fully saturated rings. The molecule has 6 aromatic heterocycles. The molecule has 7 nitrogen and oxygen atoms in total. The number of benzene rings is 12. The summed E-state index contributed by atoms with van der Waals surface area (Å²) in [6.45, 7) is 16.9. The molecule has 0 atom stereocenters. The quantitative estimate of drug-likeness (QED) is 0.161. The molecule has 0 spiro atoms. The second-order valence-corrected chi connectivity index (χ2v) is 24.8. The zero-order valence-electron chi connectivity index (χ0n) is 47.0. The second kappa shape index (κ2) is 17.7. The van der Waals surface area contributed by atoms with E-state index in [1.54, 1.807) is 11.3 Å². The molecule has 0 aliphatic carbocycles. The molecule has 0 radical (unpaired) electrons. The predicted molar refractivity (Wildman–Crippen MR) is 359 cm³/mol. The Labute approximate surface area is 496 Å². The molecule has 0 amide bonds. The first-order valence-corrected chi connectivity index (χ1v) is 29.9. The lowest BCUT2D eigenvalue weighted by Gasteiger charge is -2.27. The van der Waals surface area contributed by atoms with Crippen molar-refractivity contribution >= 4 is 146 Å². The van der Waals surface area contributed by atoms with Crippen LogP contribution in [0.2, 0.25) is 0 Å². The van der Waals surface area contributed by atoms with E-state index in [9.17, 15) is 11.8 Å². The zero-order valence-corrected chi connectivity index (χ0v) is 47.8. The fraction of sp³-hybridized carbons (Fsp3) is 0.0513. The van der Waals surface area contributed by atoms with Gasteiger partial charge in [0.1, 0.15) is 11.7 Å². The highest BCUT2D eigenvalue weighted by Gasteiger charge is 2.36. The van der Waals surface area contributed by atoms with Gasteiger partial charge in [-0.25, -0.2) is 4.85 Å². The van der Waals surface area contributed by atoms with Gasteiger partial charge in [0.25, 0.3) is 0 Å². The number of hydrogen-bond acceptors (Lipinski definition) is 3. The normalized spacial score (nSPS) is 12.3. The number of furan rings is 1. The third-order valence-corrected chi connectivity index (χ3v) is 19.4. The highest BCUT2D eigenvalue weighted by molar-refractivity contribution is 7.26. The number of rotatable bonds is 5. The number of nitrogens with zero attached hydrogens (tertiary/aromatic N) is 6. The third-order valence-electron chi connectivity index (χ3n) is 18.2. The average Bonchev–Trinajstić information content (AvgIpc) is 1.48. The number of thiophene rings is 1. The van der Waals surface area contributed by atoms with Crippen molar-refractivity contribution in [2.24, 2.45) is 0 Å². The van der Waals surface area contributed by atoms with E-state index < -0.39 is 0 Å². The van der Waals surface area contributed by atoms with Crippen molar-refractivity contribution in [1.29, 1.82) is 5.26 Å². The van der Waals surface area contributed by atoms with Gasteiger partial charge >= 0.3 is 0 Å².